The summed E-state index contributed by atoms with van der Waals surface area (Å²) >= 11 is 0. The third-order valence-electron chi connectivity index (χ3n) is 7.43. The summed E-state index contributed by atoms with van der Waals surface area (Å²) in [7, 11) is 1.79. The van der Waals surface area contributed by atoms with Crippen LogP contribution >= 0.6 is 0 Å². The van der Waals surface area contributed by atoms with E-state index in [9.17, 15) is 9.18 Å². The van der Waals surface area contributed by atoms with Gasteiger partial charge < -0.3 is 15.5 Å². The lowest BCUT2D eigenvalue weighted by atomic mass is 10.1. The van der Waals surface area contributed by atoms with E-state index in [1.165, 1.54) is 11.8 Å². The molecule has 2 heterocycles. The highest BCUT2D eigenvalue weighted by molar-refractivity contribution is 5.88. The summed E-state index contributed by atoms with van der Waals surface area (Å²) in [5.41, 5.74) is 7.03. The highest BCUT2D eigenvalue weighted by Gasteiger charge is 2.27. The monoisotopic (exact) mass is 535 g/mol. The number of nitrogens with one attached hydrogen (secondary N) is 2. The minimum Gasteiger partial charge on any atom is -0.386 e. The third-order valence-corrected chi connectivity index (χ3v) is 7.43. The van der Waals surface area contributed by atoms with Crippen LogP contribution in [0.2, 0.25) is 0 Å². The number of carbonyl (C=O) groups is 1. The van der Waals surface area contributed by atoms with Crippen LogP contribution in [-0.2, 0) is 30.8 Å². The summed E-state index contributed by atoms with van der Waals surface area (Å²) in [6.07, 6.45) is 0.908. The quantitative estimate of drug-likeness (QED) is 0.323. The van der Waals surface area contributed by atoms with Gasteiger partial charge >= 0.3 is 0 Å². The van der Waals surface area contributed by atoms with Crippen molar-refractivity contribution in [3.63, 3.8) is 0 Å². The maximum absolute atomic E-state index is 13.8. The molecule has 2 aromatic carbocycles. The van der Waals surface area contributed by atoms with E-state index in [4.69, 9.17) is 5.10 Å². The van der Waals surface area contributed by atoms with Crippen LogP contribution in [0.4, 0.5) is 10.1 Å². The molecule has 0 saturated carbocycles. The van der Waals surface area contributed by atoms with Crippen LogP contribution in [0, 0.1) is 12.7 Å². The molecule has 1 aliphatic rings. The molecule has 4 rings (SSSR count). The van der Waals surface area contributed by atoms with Crippen molar-refractivity contribution >= 4 is 22.5 Å². The second kappa shape index (κ2) is 12.6. The van der Waals surface area contributed by atoms with Crippen LogP contribution in [0.1, 0.15) is 43.2 Å². The van der Waals surface area contributed by atoms with Gasteiger partial charge in [-0.15, -0.1) is 0 Å². The molecule has 2 N–H and O–H groups in total. The Balaban J connectivity index is 1.57. The van der Waals surface area contributed by atoms with Gasteiger partial charge in [0.2, 0.25) is 0 Å². The Kier molecular flexibility index (Phi) is 9.24. The molecule has 0 bridgehead atoms. The predicted octanol–water partition coefficient (Wildman–Crippen LogP) is 3.97. The first-order valence-corrected chi connectivity index (χ1v) is 13.9. The molecular formula is C30H42FN7O. The van der Waals surface area contributed by atoms with Crippen LogP contribution < -0.4 is 15.5 Å². The van der Waals surface area contributed by atoms with Gasteiger partial charge in [-0.05, 0) is 67.8 Å². The van der Waals surface area contributed by atoms with Crippen LogP contribution in [0.5, 0.6) is 0 Å². The summed E-state index contributed by atoms with van der Waals surface area (Å²) in [6, 6.07) is 9.13. The Morgan fingerprint density at radius 3 is 2.59 bits per heavy atom. The Labute approximate surface area is 231 Å². The average molecular weight is 536 g/mol. The summed E-state index contributed by atoms with van der Waals surface area (Å²) < 4.78 is 15.8. The molecule has 0 spiro atoms. The van der Waals surface area contributed by atoms with E-state index in [0.29, 0.717) is 19.6 Å². The molecule has 210 valence electrons. The summed E-state index contributed by atoms with van der Waals surface area (Å²) in [4.78, 5) is 15.7. The van der Waals surface area contributed by atoms with Gasteiger partial charge in [-0.3, -0.25) is 14.5 Å². The highest BCUT2D eigenvalue weighted by Crippen LogP contribution is 2.30. The largest absolute Gasteiger partial charge is 0.386 e. The highest BCUT2D eigenvalue weighted by atomic mass is 19.1. The van der Waals surface area contributed by atoms with E-state index < -0.39 is 0 Å². The van der Waals surface area contributed by atoms with Gasteiger partial charge in [0.25, 0.3) is 5.91 Å². The molecule has 8 nitrogen and oxygen atoms in total. The second-order valence-electron chi connectivity index (χ2n) is 10.2. The Bertz CT molecular complexity index is 1330. The third kappa shape index (κ3) is 6.42. The van der Waals surface area contributed by atoms with Gasteiger partial charge in [0.15, 0.2) is 0 Å². The molecule has 1 aliphatic heterocycles. The molecule has 1 aromatic heterocycles. The summed E-state index contributed by atoms with van der Waals surface area (Å²) in [6.45, 7) is 17.7. The maximum Gasteiger partial charge on any atom is 0.256 e. The molecule has 1 amide bonds. The molecule has 0 saturated heterocycles. The zero-order valence-electron chi connectivity index (χ0n) is 24.0. The number of benzene rings is 2. The summed E-state index contributed by atoms with van der Waals surface area (Å²) in [5.74, 6) is -0.296. The van der Waals surface area contributed by atoms with E-state index in [1.54, 1.807) is 24.2 Å². The van der Waals surface area contributed by atoms with Crippen LogP contribution in [0.15, 0.2) is 42.6 Å². The van der Waals surface area contributed by atoms with Crippen molar-refractivity contribution in [2.24, 2.45) is 0 Å². The van der Waals surface area contributed by atoms with Crippen molar-refractivity contribution in [3.8, 4) is 0 Å². The molecule has 9 heteroatoms. The number of likely N-dealkylation sites (N-methyl/N-ethyl adjacent to an activating group) is 2. The molecule has 0 unspecified atom stereocenters. The number of hydrazine groups is 1. The zero-order valence-corrected chi connectivity index (χ0v) is 24.0. The number of aryl methyl sites for hydroxylation is 3. The van der Waals surface area contributed by atoms with Crippen molar-refractivity contribution in [1.29, 1.82) is 0 Å². The predicted molar refractivity (Wildman–Crippen MR) is 156 cm³/mol. The van der Waals surface area contributed by atoms with Crippen molar-refractivity contribution in [1.82, 2.24) is 30.4 Å². The van der Waals surface area contributed by atoms with Crippen molar-refractivity contribution in [2.75, 3.05) is 44.7 Å². The molecule has 3 aromatic rings. The van der Waals surface area contributed by atoms with Crippen molar-refractivity contribution in [3.05, 3.63) is 70.8 Å². The van der Waals surface area contributed by atoms with E-state index in [2.05, 4.69) is 66.6 Å². The van der Waals surface area contributed by atoms with Gasteiger partial charge in [0, 0.05) is 62.2 Å². The van der Waals surface area contributed by atoms with Crippen molar-refractivity contribution < 1.29 is 9.18 Å². The SMILES string of the molecule is C=C(CN(CC(=O)N(C)N1Cc2ccc(F)cc2C1)c1cc2nn(CC)c(CC)c2cc1C)NCCNCC. The number of hydrogen-bond acceptors (Lipinski definition) is 6. The number of fused-ring (bicyclic) bond motifs is 2. The number of amides is 1. The Morgan fingerprint density at radius 1 is 1.10 bits per heavy atom. The van der Waals surface area contributed by atoms with Gasteiger partial charge in [0.05, 0.1) is 18.6 Å². The van der Waals surface area contributed by atoms with Crippen LogP contribution in [0.3, 0.4) is 0 Å². The topological polar surface area (TPSA) is 68.7 Å². The molecule has 39 heavy (non-hydrogen) atoms. The number of aromatic nitrogens is 2. The zero-order chi connectivity index (χ0) is 28.1. The normalized spacial score (nSPS) is 13.1. The molecular weight excluding hydrogens is 493 g/mol. The fraction of sp³-hybridized carbons (Fsp3) is 0.467. The molecule has 0 radical (unpaired) electrons. The lowest BCUT2D eigenvalue weighted by Gasteiger charge is -2.32. The van der Waals surface area contributed by atoms with Gasteiger partial charge in [-0.1, -0.05) is 26.5 Å². The summed E-state index contributed by atoms with van der Waals surface area (Å²) in [5, 5.41) is 16.3. The van der Waals surface area contributed by atoms with E-state index in [0.717, 1.165) is 71.6 Å². The Morgan fingerprint density at radius 2 is 1.87 bits per heavy atom. The number of anilines is 1. The van der Waals surface area contributed by atoms with Gasteiger partial charge in [0.1, 0.15) is 5.82 Å². The fourth-order valence-electron chi connectivity index (χ4n) is 5.30. The van der Waals surface area contributed by atoms with Crippen LogP contribution in [0.25, 0.3) is 10.9 Å². The minimum atomic E-state index is -0.251. The number of halogens is 1. The molecule has 0 aliphatic carbocycles. The van der Waals surface area contributed by atoms with Gasteiger partial charge in [-0.25, -0.2) is 9.40 Å². The first-order chi connectivity index (χ1) is 18.7. The lowest BCUT2D eigenvalue weighted by Crippen LogP contribution is -2.46. The fourth-order valence-corrected chi connectivity index (χ4v) is 5.30. The van der Waals surface area contributed by atoms with E-state index >= 15 is 0 Å². The van der Waals surface area contributed by atoms with Gasteiger partial charge in [-0.2, -0.15) is 5.10 Å². The number of nitrogens with zero attached hydrogens (tertiary/aromatic N) is 5. The van der Waals surface area contributed by atoms with Crippen molar-refractivity contribution in [2.45, 2.75) is 53.8 Å². The Hall–Kier alpha value is -3.43. The lowest BCUT2D eigenvalue weighted by molar-refractivity contribution is -0.145. The minimum absolute atomic E-state index is 0.0449. The maximum atomic E-state index is 13.8. The number of carbonyl (C=O) groups excluding carboxylic acids is 1. The van der Waals surface area contributed by atoms with E-state index in [1.807, 2.05) is 5.01 Å². The smallest absolute Gasteiger partial charge is 0.256 e. The molecule has 0 fully saturated rings. The second-order valence-corrected chi connectivity index (χ2v) is 10.2. The first kappa shape index (κ1) is 28.6. The van der Waals surface area contributed by atoms with Crippen LogP contribution in [-0.4, -0.2) is 65.5 Å². The average Bonchev–Trinajstić information content (AvgIpc) is 3.49. The first-order valence-electron chi connectivity index (χ1n) is 13.9. The standard InChI is InChI=1S/C30H42FN7O/c1-7-28-26-14-21(4)29(16-27(26)34-38(28)9-3)36(17-22(5)33-13-12-32-8-2)20-30(39)35(6)37-18-23-10-11-25(31)15-24(23)19-37/h10-11,14-16,32-33H,5,7-9,12-13,17-20H2,1-4,6H3. The number of rotatable bonds is 13. The van der Waals surface area contributed by atoms with E-state index in [-0.39, 0.29) is 18.3 Å². The number of hydrogen-bond donors (Lipinski definition) is 2. The molecule has 0 atom stereocenters.